The molecule has 1 aliphatic carbocycles. The molecule has 0 bridgehead atoms. The molecule has 0 heterocycles. The van der Waals surface area contributed by atoms with Gasteiger partial charge in [-0.05, 0) is 61.6 Å². The van der Waals surface area contributed by atoms with E-state index in [9.17, 15) is 33.3 Å². The zero-order valence-electron chi connectivity index (χ0n) is 18.0. The largest absolute Gasteiger partial charge is 0.481 e. The monoisotopic (exact) mass is 458 g/mol. The van der Waals surface area contributed by atoms with E-state index in [1.165, 1.54) is 24.3 Å². The van der Waals surface area contributed by atoms with Crippen molar-refractivity contribution in [3.63, 3.8) is 0 Å². The number of alkyl halides is 3. The van der Waals surface area contributed by atoms with Crippen LogP contribution in [0, 0.1) is 11.8 Å². The summed E-state index contributed by atoms with van der Waals surface area (Å²) in [6, 6.07) is 4.86. The van der Waals surface area contributed by atoms with E-state index >= 15 is 0 Å². The summed E-state index contributed by atoms with van der Waals surface area (Å²) in [5.41, 5.74) is -0.404. The highest BCUT2D eigenvalue weighted by atomic mass is 19.4. The SMILES string of the molecule is O=C(O)CCCCCCC1C(CCC(O)/C=C/c2cccc(C(F)(F)F)c2)[C@H](O)C[C@@H]1O. The van der Waals surface area contributed by atoms with Crippen LogP contribution in [0.25, 0.3) is 6.08 Å². The van der Waals surface area contributed by atoms with Gasteiger partial charge in [-0.1, -0.05) is 43.5 Å². The minimum absolute atomic E-state index is 0.0795. The third-order valence-electron chi connectivity index (χ3n) is 6.22. The number of aliphatic carboxylic acids is 1. The third kappa shape index (κ3) is 8.56. The topological polar surface area (TPSA) is 98.0 Å². The molecule has 1 aliphatic rings. The van der Waals surface area contributed by atoms with E-state index in [1.807, 2.05) is 0 Å². The lowest BCUT2D eigenvalue weighted by Crippen LogP contribution is -2.23. The van der Waals surface area contributed by atoms with Crippen LogP contribution < -0.4 is 0 Å². The Kier molecular flexibility index (Phi) is 10.2. The van der Waals surface area contributed by atoms with Gasteiger partial charge in [0.05, 0.1) is 23.9 Å². The molecular formula is C24H33F3O5. The molecule has 0 spiro atoms. The number of carboxylic acids is 1. The fourth-order valence-corrected chi connectivity index (χ4v) is 4.49. The van der Waals surface area contributed by atoms with Gasteiger partial charge in [-0.3, -0.25) is 4.79 Å². The second kappa shape index (κ2) is 12.4. The maximum Gasteiger partial charge on any atom is 0.416 e. The quantitative estimate of drug-likeness (QED) is 0.342. The molecule has 2 rings (SSSR count). The summed E-state index contributed by atoms with van der Waals surface area (Å²) in [7, 11) is 0. The van der Waals surface area contributed by atoms with E-state index in [0.29, 0.717) is 31.2 Å². The molecule has 1 aromatic carbocycles. The maximum absolute atomic E-state index is 12.8. The van der Waals surface area contributed by atoms with Gasteiger partial charge in [0, 0.05) is 6.42 Å². The van der Waals surface area contributed by atoms with E-state index in [1.54, 1.807) is 0 Å². The number of aliphatic hydroxyl groups excluding tert-OH is 3. The van der Waals surface area contributed by atoms with Crippen molar-refractivity contribution in [3.8, 4) is 0 Å². The zero-order chi connectivity index (χ0) is 23.7. The number of benzene rings is 1. The predicted molar refractivity (Wildman–Crippen MR) is 115 cm³/mol. The molecule has 1 aromatic rings. The van der Waals surface area contributed by atoms with E-state index in [4.69, 9.17) is 5.11 Å². The van der Waals surface area contributed by atoms with Gasteiger partial charge in [-0.25, -0.2) is 0 Å². The highest BCUT2D eigenvalue weighted by Gasteiger charge is 2.40. The second-order valence-electron chi connectivity index (χ2n) is 8.67. The number of hydrogen-bond acceptors (Lipinski definition) is 4. The number of halogens is 3. The van der Waals surface area contributed by atoms with E-state index in [2.05, 4.69) is 0 Å². The number of hydrogen-bond donors (Lipinski definition) is 4. The van der Waals surface area contributed by atoms with Crippen LogP contribution in [-0.2, 0) is 11.0 Å². The van der Waals surface area contributed by atoms with Gasteiger partial charge in [-0.2, -0.15) is 13.2 Å². The van der Waals surface area contributed by atoms with Gasteiger partial charge < -0.3 is 20.4 Å². The van der Waals surface area contributed by atoms with Crippen molar-refractivity contribution in [2.45, 2.75) is 82.3 Å². The molecule has 3 unspecified atom stereocenters. The first-order valence-corrected chi connectivity index (χ1v) is 11.2. The summed E-state index contributed by atoms with van der Waals surface area (Å²) in [5, 5.41) is 39.6. The first kappa shape index (κ1) is 26.4. The smallest absolute Gasteiger partial charge is 0.416 e. The Morgan fingerprint density at radius 3 is 2.38 bits per heavy atom. The lowest BCUT2D eigenvalue weighted by atomic mass is 9.85. The Balaban J connectivity index is 1.82. The molecule has 4 N–H and O–H groups in total. The Labute approximate surface area is 186 Å². The standard InChI is InChI=1S/C24H33F3O5/c25-24(26,27)17-7-5-6-16(14-17)10-11-18(28)12-13-20-19(21(29)15-22(20)30)8-3-1-2-4-9-23(31)32/h5-7,10-11,14,18-22,28-30H,1-4,8-9,12-13,15H2,(H,31,32)/b11-10+/t18?,19?,20?,21-,22+/m0/s1. The molecule has 0 radical (unpaired) electrons. The lowest BCUT2D eigenvalue weighted by Gasteiger charge is -2.24. The number of unbranched alkanes of at least 4 members (excludes halogenated alkanes) is 3. The summed E-state index contributed by atoms with van der Waals surface area (Å²) in [6.45, 7) is 0. The van der Waals surface area contributed by atoms with Crippen molar-refractivity contribution in [1.29, 1.82) is 0 Å². The molecule has 1 saturated carbocycles. The van der Waals surface area contributed by atoms with Crippen molar-refractivity contribution in [1.82, 2.24) is 0 Å². The van der Waals surface area contributed by atoms with Crippen LogP contribution in [0.2, 0.25) is 0 Å². The summed E-state index contributed by atoms with van der Waals surface area (Å²) in [4.78, 5) is 10.5. The Bertz CT molecular complexity index is 749. The fourth-order valence-electron chi connectivity index (χ4n) is 4.49. The molecular weight excluding hydrogens is 425 g/mol. The second-order valence-corrected chi connectivity index (χ2v) is 8.67. The van der Waals surface area contributed by atoms with Crippen LogP contribution in [0.15, 0.2) is 30.3 Å². The lowest BCUT2D eigenvalue weighted by molar-refractivity contribution is -0.138. The first-order chi connectivity index (χ1) is 15.1. The molecule has 0 aromatic heterocycles. The number of carbonyl (C=O) groups is 1. The molecule has 8 heteroatoms. The normalized spacial score (nSPS) is 24.8. The van der Waals surface area contributed by atoms with Gasteiger partial charge in [0.2, 0.25) is 0 Å². The van der Waals surface area contributed by atoms with E-state index in [0.717, 1.165) is 37.8 Å². The highest BCUT2D eigenvalue weighted by molar-refractivity contribution is 5.66. The van der Waals surface area contributed by atoms with Gasteiger partial charge in [-0.15, -0.1) is 0 Å². The molecule has 180 valence electrons. The van der Waals surface area contributed by atoms with Crippen molar-refractivity contribution in [2.75, 3.05) is 0 Å². The van der Waals surface area contributed by atoms with Crippen LogP contribution in [0.5, 0.6) is 0 Å². The molecule has 5 atom stereocenters. The van der Waals surface area contributed by atoms with Crippen LogP contribution in [0.1, 0.15) is 68.9 Å². The zero-order valence-corrected chi connectivity index (χ0v) is 18.0. The Morgan fingerprint density at radius 1 is 1.06 bits per heavy atom. The summed E-state index contributed by atoms with van der Waals surface area (Å²) >= 11 is 0. The predicted octanol–water partition coefficient (Wildman–Crippen LogP) is 4.64. The van der Waals surface area contributed by atoms with Crippen molar-refractivity contribution in [2.24, 2.45) is 11.8 Å². The number of aliphatic hydroxyl groups is 3. The highest BCUT2D eigenvalue weighted by Crippen LogP contribution is 2.39. The minimum Gasteiger partial charge on any atom is -0.481 e. The van der Waals surface area contributed by atoms with Crippen molar-refractivity contribution in [3.05, 3.63) is 41.5 Å². The Morgan fingerprint density at radius 2 is 1.72 bits per heavy atom. The number of carboxylic acid groups (broad SMARTS) is 1. The van der Waals surface area contributed by atoms with Gasteiger partial charge >= 0.3 is 12.1 Å². The van der Waals surface area contributed by atoms with E-state index < -0.39 is 36.0 Å². The molecule has 5 nitrogen and oxygen atoms in total. The summed E-state index contributed by atoms with van der Waals surface area (Å²) < 4.78 is 38.4. The number of rotatable bonds is 12. The van der Waals surface area contributed by atoms with Gasteiger partial charge in [0.15, 0.2) is 0 Å². The minimum atomic E-state index is -4.42. The van der Waals surface area contributed by atoms with Crippen LogP contribution in [0.3, 0.4) is 0 Å². The van der Waals surface area contributed by atoms with Crippen molar-refractivity contribution >= 4 is 12.0 Å². The van der Waals surface area contributed by atoms with Gasteiger partial charge in [0.25, 0.3) is 0 Å². The summed E-state index contributed by atoms with van der Waals surface area (Å²) in [6.07, 6.45) is 1.49. The van der Waals surface area contributed by atoms with Gasteiger partial charge in [0.1, 0.15) is 0 Å². The van der Waals surface area contributed by atoms with Crippen LogP contribution in [0.4, 0.5) is 13.2 Å². The Hall–Kier alpha value is -1.90. The van der Waals surface area contributed by atoms with Crippen LogP contribution >= 0.6 is 0 Å². The maximum atomic E-state index is 12.8. The van der Waals surface area contributed by atoms with E-state index in [-0.39, 0.29) is 18.3 Å². The molecule has 32 heavy (non-hydrogen) atoms. The first-order valence-electron chi connectivity index (χ1n) is 11.2. The third-order valence-corrected chi connectivity index (χ3v) is 6.22. The summed E-state index contributed by atoms with van der Waals surface area (Å²) in [5.74, 6) is -1.04. The molecule has 0 saturated heterocycles. The average Bonchev–Trinajstić information content (AvgIpc) is 2.99. The molecule has 1 fully saturated rings. The molecule has 0 amide bonds. The fraction of sp³-hybridized carbons (Fsp3) is 0.625. The van der Waals surface area contributed by atoms with Crippen molar-refractivity contribution < 1.29 is 38.4 Å². The average molecular weight is 459 g/mol. The molecule has 0 aliphatic heterocycles. The van der Waals surface area contributed by atoms with Crippen LogP contribution in [-0.4, -0.2) is 44.7 Å².